The van der Waals surface area contributed by atoms with Crippen molar-refractivity contribution in [1.82, 2.24) is 9.88 Å². The Morgan fingerprint density at radius 2 is 1.23 bits per heavy atom. The van der Waals surface area contributed by atoms with Crippen molar-refractivity contribution >= 4 is 50.6 Å². The van der Waals surface area contributed by atoms with Gasteiger partial charge in [-0.3, -0.25) is 9.59 Å². The van der Waals surface area contributed by atoms with Crippen LogP contribution in [-0.2, 0) is 17.4 Å². The summed E-state index contributed by atoms with van der Waals surface area (Å²) in [4.78, 5) is 30.3. The van der Waals surface area contributed by atoms with Crippen molar-refractivity contribution in [3.05, 3.63) is 126 Å². The summed E-state index contributed by atoms with van der Waals surface area (Å²) in [5.41, 5.74) is 16.1. The number of carbonyl (C=O) groups excluding carboxylic acids is 2. The van der Waals surface area contributed by atoms with Crippen LogP contribution in [-0.4, -0.2) is 22.4 Å². The molecule has 0 saturated heterocycles. The number of fused-ring (bicyclic) bond motifs is 2. The monoisotopic (exact) mass is 887 g/mol. The number of hydrogen-bond acceptors (Lipinski definition) is 3. The summed E-state index contributed by atoms with van der Waals surface area (Å²) < 4.78 is 2.40. The Morgan fingerprint density at radius 3 is 1.80 bits per heavy atom. The number of amides is 2. The average molecular weight is 887 g/mol. The first-order valence-corrected chi connectivity index (χ1v) is 25.7. The van der Waals surface area contributed by atoms with Crippen LogP contribution < -0.4 is 16.0 Å². The molecule has 7 rings (SSSR count). The Hall–Kier alpha value is -5.36. The molecule has 0 unspecified atom stereocenters. The SMILES string of the molecule is CCCCCCn1cc(-c2ccc3cccc(C(N)=O)c3c2C(=O)NC2CCCCC2)c2ccc(N(c3ccc(C(C)(C)CCCCC)cc3)c3ccc(C(C)(C)CCCCC)cc3)cc21. The van der Waals surface area contributed by atoms with E-state index < -0.39 is 5.91 Å². The predicted molar refractivity (Wildman–Crippen MR) is 281 cm³/mol. The van der Waals surface area contributed by atoms with E-state index in [4.69, 9.17) is 5.73 Å². The molecule has 1 aliphatic rings. The zero-order valence-electron chi connectivity index (χ0n) is 41.4. The molecule has 0 atom stereocenters. The molecule has 6 heteroatoms. The van der Waals surface area contributed by atoms with E-state index in [0.29, 0.717) is 16.5 Å². The van der Waals surface area contributed by atoms with Crippen LogP contribution in [0, 0.1) is 0 Å². The molecule has 6 nitrogen and oxygen atoms in total. The van der Waals surface area contributed by atoms with E-state index in [9.17, 15) is 9.59 Å². The topological polar surface area (TPSA) is 80.4 Å². The van der Waals surface area contributed by atoms with Crippen molar-refractivity contribution in [3.8, 4) is 11.1 Å². The summed E-state index contributed by atoms with van der Waals surface area (Å²) in [7, 11) is 0. The Bertz CT molecular complexity index is 2490. The van der Waals surface area contributed by atoms with Crippen LogP contribution in [0.25, 0.3) is 32.8 Å². The van der Waals surface area contributed by atoms with E-state index in [1.807, 2.05) is 18.2 Å². The van der Waals surface area contributed by atoms with Crippen LogP contribution in [0.5, 0.6) is 0 Å². The summed E-state index contributed by atoms with van der Waals surface area (Å²) in [5.74, 6) is -0.675. The highest BCUT2D eigenvalue weighted by molar-refractivity contribution is 6.20. The Kier molecular flexibility index (Phi) is 16.2. The Morgan fingerprint density at radius 1 is 0.652 bits per heavy atom. The minimum absolute atomic E-state index is 0.0879. The van der Waals surface area contributed by atoms with E-state index >= 15 is 0 Å². The second-order valence-corrected chi connectivity index (χ2v) is 20.7. The van der Waals surface area contributed by atoms with Crippen LogP contribution in [0.15, 0.2) is 103 Å². The fraction of sp³-hybridized carbons (Fsp3) is 0.467. The van der Waals surface area contributed by atoms with Gasteiger partial charge in [0.15, 0.2) is 0 Å². The minimum Gasteiger partial charge on any atom is -0.366 e. The Labute approximate surface area is 396 Å². The van der Waals surface area contributed by atoms with Crippen molar-refractivity contribution in [2.24, 2.45) is 5.73 Å². The first kappa shape index (κ1) is 48.6. The molecule has 350 valence electrons. The van der Waals surface area contributed by atoms with Crippen LogP contribution in [0.1, 0.15) is 189 Å². The number of carbonyl (C=O) groups is 2. The van der Waals surface area contributed by atoms with Crippen LogP contribution >= 0.6 is 0 Å². The number of nitrogens with one attached hydrogen (secondary N) is 1. The van der Waals surface area contributed by atoms with Gasteiger partial charge in [-0.1, -0.05) is 180 Å². The molecule has 1 aromatic heterocycles. The van der Waals surface area contributed by atoms with Gasteiger partial charge in [-0.25, -0.2) is 0 Å². The molecule has 2 amide bonds. The van der Waals surface area contributed by atoms with E-state index in [1.54, 1.807) is 6.07 Å². The molecule has 0 spiro atoms. The molecule has 3 N–H and O–H groups in total. The molecule has 0 radical (unpaired) electrons. The molecule has 66 heavy (non-hydrogen) atoms. The standard InChI is InChI=1S/C60H78N4O2/c1-8-11-14-20-40-63-42-53(51-36-26-43-22-21-25-52(57(61)65)55(43)56(51)58(66)62-46-23-16-15-17-24-46)50-37-35-49(41-54(50)63)64(47-31-27-44(28-32-47)59(4,5)38-18-12-9-2)48-33-29-45(30-34-48)60(6,7)39-19-13-10-3/h21-22,25-37,41-42,46H,8-20,23-24,38-40H2,1-7H3,(H2,61,65)(H,62,66). The highest BCUT2D eigenvalue weighted by Gasteiger charge is 2.27. The van der Waals surface area contributed by atoms with Crippen molar-refractivity contribution in [3.63, 3.8) is 0 Å². The molecule has 6 aromatic rings. The molecular formula is C60H78N4O2. The smallest absolute Gasteiger partial charge is 0.252 e. The molecule has 0 aliphatic heterocycles. The number of hydrogen-bond donors (Lipinski definition) is 2. The van der Waals surface area contributed by atoms with Gasteiger partial charge >= 0.3 is 0 Å². The van der Waals surface area contributed by atoms with Crippen LogP contribution in [0.3, 0.4) is 0 Å². The molecule has 1 fully saturated rings. The van der Waals surface area contributed by atoms with Gasteiger partial charge < -0.3 is 20.5 Å². The number of aromatic nitrogens is 1. The lowest BCUT2D eigenvalue weighted by atomic mass is 9.80. The number of nitrogens with zero attached hydrogens (tertiary/aromatic N) is 2. The lowest BCUT2D eigenvalue weighted by Crippen LogP contribution is -2.36. The van der Waals surface area contributed by atoms with Gasteiger partial charge in [0.05, 0.1) is 11.1 Å². The number of aryl methyl sites for hydroxylation is 1. The van der Waals surface area contributed by atoms with Crippen molar-refractivity contribution in [1.29, 1.82) is 0 Å². The maximum absolute atomic E-state index is 14.8. The lowest BCUT2D eigenvalue weighted by Gasteiger charge is -2.30. The Balaban J connectivity index is 1.38. The summed E-state index contributed by atoms with van der Waals surface area (Å²) in [6.45, 7) is 17.2. The number of anilines is 3. The number of primary amides is 1. The van der Waals surface area contributed by atoms with Crippen molar-refractivity contribution < 1.29 is 9.59 Å². The van der Waals surface area contributed by atoms with Gasteiger partial charge in [-0.15, -0.1) is 0 Å². The van der Waals surface area contributed by atoms with Gasteiger partial charge in [0.1, 0.15) is 0 Å². The van der Waals surface area contributed by atoms with Gasteiger partial charge in [-0.05, 0) is 107 Å². The molecule has 0 bridgehead atoms. The molecule has 1 heterocycles. The molecular weight excluding hydrogens is 809 g/mol. The third-order valence-electron chi connectivity index (χ3n) is 14.8. The van der Waals surface area contributed by atoms with Crippen molar-refractivity contribution in [2.75, 3.05) is 4.90 Å². The number of benzene rings is 5. The fourth-order valence-electron chi connectivity index (χ4n) is 10.6. The largest absolute Gasteiger partial charge is 0.366 e. The zero-order chi connectivity index (χ0) is 46.8. The van der Waals surface area contributed by atoms with Crippen LogP contribution in [0.4, 0.5) is 17.1 Å². The zero-order valence-corrected chi connectivity index (χ0v) is 41.4. The molecule has 1 aliphatic carbocycles. The molecule has 1 saturated carbocycles. The van der Waals surface area contributed by atoms with Gasteiger partial charge in [0.25, 0.3) is 5.91 Å². The maximum Gasteiger partial charge on any atom is 0.252 e. The quantitative estimate of drug-likeness (QED) is 0.0667. The summed E-state index contributed by atoms with van der Waals surface area (Å²) in [5, 5.41) is 5.94. The van der Waals surface area contributed by atoms with E-state index in [0.717, 1.165) is 89.5 Å². The van der Waals surface area contributed by atoms with Crippen LogP contribution in [0.2, 0.25) is 0 Å². The average Bonchev–Trinajstić information content (AvgIpc) is 3.68. The van der Waals surface area contributed by atoms with Gasteiger partial charge in [0, 0.05) is 57.7 Å². The summed E-state index contributed by atoms with van der Waals surface area (Å²) >= 11 is 0. The fourth-order valence-corrected chi connectivity index (χ4v) is 10.6. The highest BCUT2D eigenvalue weighted by Crippen LogP contribution is 2.43. The van der Waals surface area contributed by atoms with Gasteiger partial charge in [-0.2, -0.15) is 0 Å². The van der Waals surface area contributed by atoms with E-state index in [1.165, 1.54) is 81.8 Å². The van der Waals surface area contributed by atoms with E-state index in [2.05, 4.69) is 142 Å². The number of nitrogens with two attached hydrogens (primary N) is 1. The minimum atomic E-state index is -0.534. The normalized spacial score (nSPS) is 13.7. The van der Waals surface area contributed by atoms with Crippen molar-refractivity contribution in [2.45, 2.75) is 181 Å². The number of unbranched alkanes of at least 4 members (excludes halogenated alkanes) is 7. The summed E-state index contributed by atoms with van der Waals surface area (Å²) in [6.07, 6.45) is 21.9. The second kappa shape index (κ2) is 22.0. The lowest BCUT2D eigenvalue weighted by molar-refractivity contribution is 0.0930. The number of rotatable bonds is 22. The summed E-state index contributed by atoms with van der Waals surface area (Å²) in [6, 6.07) is 35.2. The van der Waals surface area contributed by atoms with Gasteiger partial charge in [0.2, 0.25) is 5.91 Å². The third kappa shape index (κ3) is 11.1. The maximum atomic E-state index is 14.8. The predicted octanol–water partition coefficient (Wildman–Crippen LogP) is 16.4. The molecule has 5 aromatic carbocycles. The van der Waals surface area contributed by atoms with E-state index in [-0.39, 0.29) is 22.8 Å². The highest BCUT2D eigenvalue weighted by atomic mass is 16.2. The first-order chi connectivity index (χ1) is 31.9. The third-order valence-corrected chi connectivity index (χ3v) is 14.8. The second-order valence-electron chi connectivity index (χ2n) is 20.7. The first-order valence-electron chi connectivity index (χ1n) is 25.7.